The fourth-order valence-corrected chi connectivity index (χ4v) is 2.59. The van der Waals surface area contributed by atoms with Gasteiger partial charge in [0.25, 0.3) is 0 Å². The number of unbranched alkanes of at least 4 members (excludes halogenated alkanes) is 1. The first-order valence-corrected chi connectivity index (χ1v) is 8.32. The van der Waals surface area contributed by atoms with Gasteiger partial charge < -0.3 is 4.57 Å². The Bertz CT molecular complexity index is 589. The fourth-order valence-electron chi connectivity index (χ4n) is 2.47. The summed E-state index contributed by atoms with van der Waals surface area (Å²) in [6.45, 7) is 2.61. The molecule has 1 heterocycles. The first-order valence-electron chi connectivity index (χ1n) is 7.94. The standard InChI is InChI=1S/C18H23ClN2O/c1-2-3-6-17-12-20-14-21(17)13-18(22)7-4-5-15-8-10-16(19)11-9-15/h8-12,14H,2-7,13H2,1H3. The van der Waals surface area contributed by atoms with Crippen LogP contribution < -0.4 is 0 Å². The van der Waals surface area contributed by atoms with Crippen LogP contribution in [-0.2, 0) is 24.2 Å². The molecule has 2 rings (SSSR count). The van der Waals surface area contributed by atoms with E-state index in [4.69, 9.17) is 11.6 Å². The third kappa shape index (κ3) is 5.30. The molecule has 0 bridgehead atoms. The van der Waals surface area contributed by atoms with E-state index in [1.54, 1.807) is 6.33 Å². The predicted molar refractivity (Wildman–Crippen MR) is 90.2 cm³/mol. The van der Waals surface area contributed by atoms with Crippen LogP contribution in [0.3, 0.4) is 0 Å². The molecule has 0 atom stereocenters. The predicted octanol–water partition coefficient (Wildman–Crippen LogP) is 4.47. The summed E-state index contributed by atoms with van der Waals surface area (Å²) in [5, 5.41) is 0.750. The van der Waals surface area contributed by atoms with Crippen molar-refractivity contribution in [1.82, 2.24) is 9.55 Å². The molecule has 0 aliphatic heterocycles. The average Bonchev–Trinajstić information content (AvgIpc) is 2.94. The lowest BCUT2D eigenvalue weighted by atomic mass is 10.1. The number of Topliss-reactive ketones (excluding diaryl/α,β-unsaturated/α-hetero) is 1. The first kappa shape index (κ1) is 16.8. The van der Waals surface area contributed by atoms with E-state index in [0.717, 1.165) is 42.8 Å². The molecule has 0 radical (unpaired) electrons. The summed E-state index contributed by atoms with van der Waals surface area (Å²) in [5.74, 6) is 0.268. The molecule has 0 aliphatic carbocycles. The van der Waals surface area contributed by atoms with Gasteiger partial charge in [-0.25, -0.2) is 4.98 Å². The fraction of sp³-hybridized carbons (Fsp3) is 0.444. The Morgan fingerprint density at radius 2 is 1.95 bits per heavy atom. The minimum Gasteiger partial charge on any atom is -0.327 e. The van der Waals surface area contributed by atoms with Crippen molar-refractivity contribution < 1.29 is 4.79 Å². The van der Waals surface area contributed by atoms with Crippen molar-refractivity contribution in [2.75, 3.05) is 0 Å². The molecule has 0 unspecified atom stereocenters. The largest absolute Gasteiger partial charge is 0.327 e. The maximum absolute atomic E-state index is 12.1. The van der Waals surface area contributed by atoms with Crippen molar-refractivity contribution >= 4 is 17.4 Å². The summed E-state index contributed by atoms with van der Waals surface area (Å²) < 4.78 is 1.99. The highest BCUT2D eigenvalue weighted by Gasteiger charge is 2.07. The van der Waals surface area contributed by atoms with E-state index in [1.807, 2.05) is 35.0 Å². The Morgan fingerprint density at radius 1 is 1.18 bits per heavy atom. The quantitative estimate of drug-likeness (QED) is 0.683. The molecular formula is C18H23ClN2O. The van der Waals surface area contributed by atoms with Gasteiger partial charge >= 0.3 is 0 Å². The maximum atomic E-state index is 12.1. The summed E-state index contributed by atoms with van der Waals surface area (Å²) in [4.78, 5) is 16.3. The summed E-state index contributed by atoms with van der Waals surface area (Å²) in [6, 6.07) is 7.82. The van der Waals surface area contributed by atoms with Crippen molar-refractivity contribution in [3.8, 4) is 0 Å². The van der Waals surface area contributed by atoms with Gasteiger partial charge in [0, 0.05) is 23.3 Å². The van der Waals surface area contributed by atoms with Gasteiger partial charge in [0.15, 0.2) is 5.78 Å². The van der Waals surface area contributed by atoms with E-state index in [0.29, 0.717) is 13.0 Å². The molecule has 2 aromatic rings. The van der Waals surface area contributed by atoms with Crippen molar-refractivity contribution in [1.29, 1.82) is 0 Å². The Labute approximate surface area is 137 Å². The third-order valence-electron chi connectivity index (χ3n) is 3.77. The molecule has 118 valence electrons. The number of carbonyl (C=O) groups is 1. The number of hydrogen-bond acceptors (Lipinski definition) is 2. The number of aryl methyl sites for hydroxylation is 2. The lowest BCUT2D eigenvalue weighted by Gasteiger charge is -2.07. The smallest absolute Gasteiger partial charge is 0.152 e. The second-order valence-corrected chi connectivity index (χ2v) is 6.07. The van der Waals surface area contributed by atoms with Crippen molar-refractivity contribution in [2.24, 2.45) is 0 Å². The number of benzene rings is 1. The van der Waals surface area contributed by atoms with E-state index in [1.165, 1.54) is 5.56 Å². The van der Waals surface area contributed by atoms with Crippen LogP contribution in [0.5, 0.6) is 0 Å². The Morgan fingerprint density at radius 3 is 2.68 bits per heavy atom. The van der Waals surface area contributed by atoms with Crippen LogP contribution in [-0.4, -0.2) is 15.3 Å². The van der Waals surface area contributed by atoms with Crippen molar-refractivity contribution in [2.45, 2.75) is 52.0 Å². The van der Waals surface area contributed by atoms with Gasteiger partial charge in [-0.1, -0.05) is 37.1 Å². The number of carbonyl (C=O) groups excluding carboxylic acids is 1. The molecule has 4 heteroatoms. The van der Waals surface area contributed by atoms with Crippen LogP contribution in [0.4, 0.5) is 0 Å². The van der Waals surface area contributed by atoms with Gasteiger partial charge in [0.1, 0.15) is 0 Å². The van der Waals surface area contributed by atoms with Crippen LogP contribution in [0.15, 0.2) is 36.8 Å². The second kappa shape index (κ2) is 8.74. The van der Waals surface area contributed by atoms with Crippen LogP contribution in [0.2, 0.25) is 5.02 Å². The molecule has 1 aromatic heterocycles. The molecule has 0 saturated carbocycles. The zero-order valence-electron chi connectivity index (χ0n) is 13.1. The Kier molecular flexibility index (Phi) is 6.66. The summed E-state index contributed by atoms with van der Waals surface area (Å²) >= 11 is 5.86. The number of hydrogen-bond donors (Lipinski definition) is 0. The van der Waals surface area contributed by atoms with Crippen LogP contribution in [0.1, 0.15) is 43.9 Å². The summed E-state index contributed by atoms with van der Waals surface area (Å²) in [6.07, 6.45) is 9.31. The van der Waals surface area contributed by atoms with Gasteiger partial charge in [-0.3, -0.25) is 4.79 Å². The van der Waals surface area contributed by atoms with Gasteiger partial charge in [-0.2, -0.15) is 0 Å². The molecule has 0 saturated heterocycles. The molecule has 0 spiro atoms. The maximum Gasteiger partial charge on any atom is 0.152 e. The molecular weight excluding hydrogens is 296 g/mol. The molecule has 3 nitrogen and oxygen atoms in total. The highest BCUT2D eigenvalue weighted by atomic mass is 35.5. The minimum atomic E-state index is 0.268. The van der Waals surface area contributed by atoms with Gasteiger partial charge in [0.2, 0.25) is 0 Å². The topological polar surface area (TPSA) is 34.9 Å². The first-order chi connectivity index (χ1) is 10.7. The number of aromatic nitrogens is 2. The number of halogens is 1. The second-order valence-electron chi connectivity index (χ2n) is 5.64. The SMILES string of the molecule is CCCCc1cncn1CC(=O)CCCc1ccc(Cl)cc1. The zero-order chi connectivity index (χ0) is 15.8. The highest BCUT2D eigenvalue weighted by molar-refractivity contribution is 6.30. The van der Waals surface area contributed by atoms with E-state index in [-0.39, 0.29) is 5.78 Å². The number of imidazole rings is 1. The van der Waals surface area contributed by atoms with Crippen LogP contribution in [0.25, 0.3) is 0 Å². The third-order valence-corrected chi connectivity index (χ3v) is 4.02. The number of ketones is 1. The summed E-state index contributed by atoms with van der Waals surface area (Å²) in [5.41, 5.74) is 2.39. The Balaban J connectivity index is 1.76. The average molecular weight is 319 g/mol. The molecule has 0 fully saturated rings. The van der Waals surface area contributed by atoms with E-state index in [2.05, 4.69) is 11.9 Å². The normalized spacial score (nSPS) is 10.8. The van der Waals surface area contributed by atoms with Gasteiger partial charge in [-0.15, -0.1) is 0 Å². The molecule has 0 amide bonds. The lowest BCUT2D eigenvalue weighted by Crippen LogP contribution is -2.12. The molecule has 1 aromatic carbocycles. The number of nitrogens with zero attached hydrogens (tertiary/aromatic N) is 2. The van der Waals surface area contributed by atoms with E-state index in [9.17, 15) is 4.79 Å². The van der Waals surface area contributed by atoms with Crippen molar-refractivity contribution in [3.63, 3.8) is 0 Å². The monoisotopic (exact) mass is 318 g/mol. The zero-order valence-corrected chi connectivity index (χ0v) is 13.9. The Hall–Kier alpha value is -1.61. The lowest BCUT2D eigenvalue weighted by molar-refractivity contribution is -0.119. The van der Waals surface area contributed by atoms with E-state index < -0.39 is 0 Å². The number of rotatable bonds is 9. The minimum absolute atomic E-state index is 0.268. The highest BCUT2D eigenvalue weighted by Crippen LogP contribution is 2.12. The molecule has 0 aliphatic rings. The van der Waals surface area contributed by atoms with Gasteiger partial charge in [0.05, 0.1) is 12.9 Å². The molecule has 22 heavy (non-hydrogen) atoms. The van der Waals surface area contributed by atoms with E-state index >= 15 is 0 Å². The molecule has 0 N–H and O–H groups in total. The van der Waals surface area contributed by atoms with Crippen LogP contribution in [0, 0.1) is 0 Å². The van der Waals surface area contributed by atoms with Gasteiger partial charge in [-0.05, 0) is 43.4 Å². The van der Waals surface area contributed by atoms with Crippen LogP contribution >= 0.6 is 11.6 Å². The van der Waals surface area contributed by atoms with Crippen molar-refractivity contribution in [3.05, 3.63) is 53.1 Å². The summed E-state index contributed by atoms with van der Waals surface area (Å²) in [7, 11) is 0.